The molecule has 0 spiro atoms. The summed E-state index contributed by atoms with van der Waals surface area (Å²) in [4.78, 5) is 0.374. The fourth-order valence-electron chi connectivity index (χ4n) is 2.98. The Labute approximate surface area is 148 Å². The van der Waals surface area contributed by atoms with E-state index in [0.717, 1.165) is 20.9 Å². The first-order valence-electron chi connectivity index (χ1n) is 7.50. The van der Waals surface area contributed by atoms with E-state index in [-0.39, 0.29) is 13.2 Å². The van der Waals surface area contributed by atoms with E-state index in [2.05, 4.69) is 15.9 Å². The summed E-state index contributed by atoms with van der Waals surface area (Å²) in [5.74, 6) is 0.713. The van der Waals surface area contributed by atoms with Crippen LogP contribution < -0.4 is 9.04 Å². The average molecular weight is 404 g/mol. The van der Waals surface area contributed by atoms with Gasteiger partial charge in [0.2, 0.25) is 0 Å². The first-order valence-corrected chi connectivity index (χ1v) is 9.73. The van der Waals surface area contributed by atoms with Crippen LogP contribution in [0.3, 0.4) is 0 Å². The second-order valence-electron chi connectivity index (χ2n) is 5.51. The van der Waals surface area contributed by atoms with E-state index in [9.17, 15) is 8.42 Å². The Morgan fingerprint density at radius 1 is 0.958 bits per heavy atom. The van der Waals surface area contributed by atoms with Crippen LogP contribution in [0.2, 0.25) is 0 Å². The number of anilines is 1. The van der Waals surface area contributed by atoms with E-state index in [1.165, 1.54) is 4.31 Å². The second kappa shape index (κ2) is 5.79. The molecule has 0 fully saturated rings. The fraction of sp³-hybridized carbons (Fsp3) is 0.111. The van der Waals surface area contributed by atoms with Gasteiger partial charge in [0.15, 0.2) is 0 Å². The van der Waals surface area contributed by atoms with Crippen LogP contribution in [0.15, 0.2) is 70.0 Å². The Morgan fingerprint density at radius 2 is 1.67 bits per heavy atom. The van der Waals surface area contributed by atoms with Gasteiger partial charge in [-0.2, -0.15) is 0 Å². The molecule has 0 amide bonds. The Balaban J connectivity index is 1.60. The Morgan fingerprint density at radius 3 is 2.42 bits per heavy atom. The Hall–Kier alpha value is -2.05. The molecule has 1 aliphatic rings. The maximum atomic E-state index is 12.8. The van der Waals surface area contributed by atoms with Gasteiger partial charge in [0, 0.05) is 9.86 Å². The highest BCUT2D eigenvalue weighted by molar-refractivity contribution is 9.10. The molecule has 0 aromatic heterocycles. The normalized spacial score (nSPS) is 15.0. The number of nitrogens with zero attached hydrogens (tertiary/aromatic N) is 1. The maximum Gasteiger partial charge on any atom is 0.265 e. The SMILES string of the molecule is O=S1(=O)c2cccc3cccc(c23)N1CCOc1ccc(Br)cc1. The Bertz CT molecular complexity index is 1010. The molecule has 4 nitrogen and oxygen atoms in total. The predicted octanol–water partition coefficient (Wildman–Crippen LogP) is 4.19. The van der Waals surface area contributed by atoms with Gasteiger partial charge in [0.1, 0.15) is 12.4 Å². The van der Waals surface area contributed by atoms with Crippen molar-refractivity contribution in [1.29, 1.82) is 0 Å². The van der Waals surface area contributed by atoms with Gasteiger partial charge in [0.25, 0.3) is 10.0 Å². The standard InChI is InChI=1S/C18H14BrNO3S/c19-14-7-9-15(10-8-14)23-12-11-20-16-5-1-3-13-4-2-6-17(18(13)16)24(20,21)22/h1-10H,11-12H2. The monoisotopic (exact) mass is 403 g/mol. The molecule has 1 heterocycles. The average Bonchev–Trinajstić information content (AvgIpc) is 2.80. The molecule has 1 aliphatic heterocycles. The lowest BCUT2D eigenvalue weighted by Crippen LogP contribution is -2.31. The van der Waals surface area contributed by atoms with Crippen molar-refractivity contribution >= 4 is 42.4 Å². The molecule has 0 radical (unpaired) electrons. The van der Waals surface area contributed by atoms with E-state index >= 15 is 0 Å². The number of benzene rings is 3. The highest BCUT2D eigenvalue weighted by atomic mass is 79.9. The third kappa shape index (κ3) is 2.46. The van der Waals surface area contributed by atoms with Gasteiger partial charge in [-0.15, -0.1) is 0 Å². The highest BCUT2D eigenvalue weighted by Crippen LogP contribution is 2.41. The van der Waals surface area contributed by atoms with Crippen LogP contribution in [0.25, 0.3) is 10.8 Å². The molecule has 6 heteroatoms. The van der Waals surface area contributed by atoms with Crippen molar-refractivity contribution in [3.05, 3.63) is 65.1 Å². The highest BCUT2D eigenvalue weighted by Gasteiger charge is 2.35. The summed E-state index contributed by atoms with van der Waals surface area (Å²) in [7, 11) is -3.51. The number of hydrogen-bond donors (Lipinski definition) is 0. The lowest BCUT2D eigenvalue weighted by atomic mass is 10.1. The zero-order chi connectivity index (χ0) is 16.7. The third-order valence-electron chi connectivity index (χ3n) is 4.06. The van der Waals surface area contributed by atoms with Crippen LogP contribution in [-0.2, 0) is 10.0 Å². The molecule has 3 aromatic rings. The molecule has 0 unspecified atom stereocenters. The molecule has 0 N–H and O–H groups in total. The summed E-state index contributed by atoms with van der Waals surface area (Å²) >= 11 is 3.37. The molecule has 24 heavy (non-hydrogen) atoms. The smallest absolute Gasteiger partial charge is 0.265 e. The minimum absolute atomic E-state index is 0.270. The topological polar surface area (TPSA) is 46.6 Å². The molecule has 0 atom stereocenters. The van der Waals surface area contributed by atoms with Crippen LogP contribution in [0.1, 0.15) is 0 Å². The molecular weight excluding hydrogens is 390 g/mol. The lowest BCUT2D eigenvalue weighted by molar-refractivity contribution is 0.328. The number of halogens is 1. The quantitative estimate of drug-likeness (QED) is 0.655. The zero-order valence-electron chi connectivity index (χ0n) is 12.6. The van der Waals surface area contributed by atoms with Gasteiger partial charge >= 0.3 is 0 Å². The van der Waals surface area contributed by atoms with Crippen LogP contribution in [0, 0.1) is 0 Å². The van der Waals surface area contributed by atoms with Gasteiger partial charge in [-0.05, 0) is 41.8 Å². The van der Waals surface area contributed by atoms with Gasteiger partial charge < -0.3 is 4.74 Å². The maximum absolute atomic E-state index is 12.8. The minimum atomic E-state index is -3.51. The molecule has 0 saturated heterocycles. The summed E-state index contributed by atoms with van der Waals surface area (Å²) < 4.78 is 33.7. The number of rotatable bonds is 4. The fourth-order valence-corrected chi connectivity index (χ4v) is 4.93. The number of sulfonamides is 1. The van der Waals surface area contributed by atoms with Gasteiger partial charge in [-0.3, -0.25) is 4.31 Å². The van der Waals surface area contributed by atoms with Crippen LogP contribution in [0.5, 0.6) is 5.75 Å². The van der Waals surface area contributed by atoms with Crippen LogP contribution in [0.4, 0.5) is 5.69 Å². The van der Waals surface area contributed by atoms with Crippen molar-refractivity contribution in [3.63, 3.8) is 0 Å². The van der Waals surface area contributed by atoms with Crippen LogP contribution in [-0.4, -0.2) is 21.6 Å². The van der Waals surface area contributed by atoms with E-state index in [4.69, 9.17) is 4.74 Å². The van der Waals surface area contributed by atoms with Crippen molar-refractivity contribution in [2.24, 2.45) is 0 Å². The van der Waals surface area contributed by atoms with E-state index in [1.54, 1.807) is 12.1 Å². The Kier molecular flexibility index (Phi) is 3.73. The summed E-state index contributed by atoms with van der Waals surface area (Å²) in [5, 5.41) is 1.73. The minimum Gasteiger partial charge on any atom is -0.492 e. The molecule has 0 bridgehead atoms. The zero-order valence-corrected chi connectivity index (χ0v) is 15.0. The van der Waals surface area contributed by atoms with Crippen molar-refractivity contribution in [2.45, 2.75) is 4.90 Å². The summed E-state index contributed by atoms with van der Waals surface area (Å²) in [6.45, 7) is 0.553. The molecular formula is C18H14BrNO3S. The van der Waals surface area contributed by atoms with E-state index in [0.29, 0.717) is 10.6 Å². The third-order valence-corrected chi connectivity index (χ3v) is 6.44. The first kappa shape index (κ1) is 15.5. The predicted molar refractivity (Wildman–Crippen MR) is 98.1 cm³/mol. The lowest BCUT2D eigenvalue weighted by Gasteiger charge is -2.19. The summed E-state index contributed by atoms with van der Waals surface area (Å²) in [6, 6.07) is 18.5. The second-order valence-corrected chi connectivity index (χ2v) is 8.26. The van der Waals surface area contributed by atoms with E-state index in [1.807, 2.05) is 48.5 Å². The van der Waals surface area contributed by atoms with Crippen molar-refractivity contribution in [3.8, 4) is 5.75 Å². The first-order chi connectivity index (χ1) is 11.6. The van der Waals surface area contributed by atoms with Crippen molar-refractivity contribution < 1.29 is 13.2 Å². The summed E-state index contributed by atoms with van der Waals surface area (Å²) in [5.41, 5.74) is 0.725. The number of ether oxygens (including phenoxy) is 1. The van der Waals surface area contributed by atoms with Crippen molar-refractivity contribution in [2.75, 3.05) is 17.5 Å². The van der Waals surface area contributed by atoms with E-state index < -0.39 is 10.0 Å². The van der Waals surface area contributed by atoms with Gasteiger partial charge in [-0.1, -0.05) is 40.2 Å². The van der Waals surface area contributed by atoms with Crippen LogP contribution >= 0.6 is 15.9 Å². The van der Waals surface area contributed by atoms with Gasteiger partial charge in [0.05, 0.1) is 17.1 Å². The summed E-state index contributed by atoms with van der Waals surface area (Å²) in [6.07, 6.45) is 0. The number of hydrogen-bond acceptors (Lipinski definition) is 3. The van der Waals surface area contributed by atoms with Crippen molar-refractivity contribution in [1.82, 2.24) is 0 Å². The largest absolute Gasteiger partial charge is 0.492 e. The molecule has 122 valence electrons. The molecule has 3 aromatic carbocycles. The molecule has 0 saturated carbocycles. The molecule has 0 aliphatic carbocycles. The van der Waals surface area contributed by atoms with Gasteiger partial charge in [-0.25, -0.2) is 8.42 Å². The molecule has 4 rings (SSSR count).